The Bertz CT molecular complexity index is 557. The van der Waals surface area contributed by atoms with Gasteiger partial charge in [-0.3, -0.25) is 9.59 Å². The zero-order chi connectivity index (χ0) is 14.9. The van der Waals surface area contributed by atoms with Gasteiger partial charge in [-0.15, -0.1) is 11.6 Å². The largest absolute Gasteiger partial charge is 0.471 e. The number of carbonyl (C=O) groups is 2. The van der Waals surface area contributed by atoms with Crippen LogP contribution < -0.4 is 0 Å². The molecule has 1 aliphatic heterocycles. The smallest absolute Gasteiger partial charge is 0.330 e. The second-order valence-electron chi connectivity index (χ2n) is 4.51. The fourth-order valence-corrected chi connectivity index (χ4v) is 2.31. The number of hydrogen-bond donors (Lipinski definition) is 0. The second-order valence-corrected chi connectivity index (χ2v) is 4.78. The summed E-state index contributed by atoms with van der Waals surface area (Å²) in [5.74, 6) is -2.20. The van der Waals surface area contributed by atoms with Gasteiger partial charge in [-0.05, 0) is 23.6 Å². The van der Waals surface area contributed by atoms with Crippen LogP contribution >= 0.6 is 11.6 Å². The van der Waals surface area contributed by atoms with Crippen molar-refractivity contribution in [3.05, 3.63) is 34.9 Å². The molecule has 1 aliphatic rings. The van der Waals surface area contributed by atoms with Gasteiger partial charge in [0.25, 0.3) is 0 Å². The Hall–Kier alpha value is -1.56. The lowest BCUT2D eigenvalue weighted by Gasteiger charge is -2.29. The highest BCUT2D eigenvalue weighted by Gasteiger charge is 2.43. The third kappa shape index (κ3) is 2.95. The van der Waals surface area contributed by atoms with Crippen LogP contribution in [0.1, 0.15) is 21.5 Å². The first-order valence-corrected chi connectivity index (χ1v) is 6.43. The first-order chi connectivity index (χ1) is 9.32. The van der Waals surface area contributed by atoms with Crippen LogP contribution in [0, 0.1) is 0 Å². The SMILES string of the molecule is O=C(CCl)c1ccc2c(c1)CCN(C(=O)C(F)(F)F)C2. The van der Waals surface area contributed by atoms with Gasteiger partial charge in [-0.1, -0.05) is 12.1 Å². The highest BCUT2D eigenvalue weighted by Crippen LogP contribution is 2.25. The summed E-state index contributed by atoms with van der Waals surface area (Å²) in [6.07, 6.45) is -4.56. The van der Waals surface area contributed by atoms with Crippen molar-refractivity contribution in [3.63, 3.8) is 0 Å². The third-order valence-corrected chi connectivity index (χ3v) is 3.43. The van der Waals surface area contributed by atoms with E-state index >= 15 is 0 Å². The standard InChI is InChI=1S/C13H11ClF3NO2/c14-6-11(19)9-1-2-10-7-18(4-3-8(10)5-9)12(20)13(15,16)17/h1-2,5H,3-4,6-7H2. The van der Waals surface area contributed by atoms with Crippen LogP contribution in [-0.4, -0.2) is 35.2 Å². The summed E-state index contributed by atoms with van der Waals surface area (Å²) in [7, 11) is 0. The van der Waals surface area contributed by atoms with Crippen LogP contribution in [0.15, 0.2) is 18.2 Å². The van der Waals surface area contributed by atoms with E-state index in [0.717, 1.165) is 10.5 Å². The Morgan fingerprint density at radius 3 is 2.55 bits per heavy atom. The zero-order valence-corrected chi connectivity index (χ0v) is 11.1. The van der Waals surface area contributed by atoms with Crippen LogP contribution in [0.5, 0.6) is 0 Å². The topological polar surface area (TPSA) is 37.4 Å². The maximum Gasteiger partial charge on any atom is 0.471 e. The van der Waals surface area contributed by atoms with Crippen LogP contribution in [0.4, 0.5) is 13.2 Å². The van der Waals surface area contributed by atoms with E-state index < -0.39 is 12.1 Å². The lowest BCUT2D eigenvalue weighted by Crippen LogP contribution is -2.43. The number of Topliss-reactive ketones (excluding diaryl/α,β-unsaturated/α-hetero) is 1. The molecule has 0 atom stereocenters. The minimum atomic E-state index is -4.86. The zero-order valence-electron chi connectivity index (χ0n) is 10.3. The Labute approximate surface area is 118 Å². The fourth-order valence-electron chi connectivity index (χ4n) is 2.16. The molecular formula is C13H11ClF3NO2. The summed E-state index contributed by atoms with van der Waals surface area (Å²) in [5, 5.41) is 0. The molecule has 0 saturated carbocycles. The second kappa shape index (κ2) is 5.44. The van der Waals surface area contributed by atoms with Gasteiger partial charge >= 0.3 is 12.1 Å². The first kappa shape index (κ1) is 14.8. The van der Waals surface area contributed by atoms with Crippen molar-refractivity contribution >= 4 is 23.3 Å². The molecule has 0 fully saturated rings. The van der Waals surface area contributed by atoms with E-state index in [4.69, 9.17) is 11.6 Å². The van der Waals surface area contributed by atoms with E-state index in [1.165, 1.54) is 6.07 Å². The molecule has 0 radical (unpaired) electrons. The van der Waals surface area contributed by atoms with Crippen LogP contribution in [0.3, 0.4) is 0 Å². The highest BCUT2D eigenvalue weighted by atomic mass is 35.5. The van der Waals surface area contributed by atoms with Crippen LogP contribution in [0.25, 0.3) is 0 Å². The van der Waals surface area contributed by atoms with Crippen LogP contribution in [-0.2, 0) is 17.8 Å². The molecular weight excluding hydrogens is 295 g/mol. The maximum absolute atomic E-state index is 12.4. The number of fused-ring (bicyclic) bond motifs is 1. The number of hydrogen-bond acceptors (Lipinski definition) is 2. The average molecular weight is 306 g/mol. The predicted molar refractivity (Wildman–Crippen MR) is 66.7 cm³/mol. The van der Waals surface area contributed by atoms with Gasteiger partial charge in [0.05, 0.1) is 5.88 Å². The van der Waals surface area contributed by atoms with Gasteiger partial charge in [0.2, 0.25) is 0 Å². The van der Waals surface area contributed by atoms with Crippen molar-refractivity contribution in [2.75, 3.05) is 12.4 Å². The Morgan fingerprint density at radius 1 is 1.25 bits per heavy atom. The summed E-state index contributed by atoms with van der Waals surface area (Å²) in [4.78, 5) is 23.4. The van der Waals surface area contributed by atoms with Crippen LogP contribution in [0.2, 0.25) is 0 Å². The molecule has 1 heterocycles. The minimum Gasteiger partial charge on any atom is -0.330 e. The monoisotopic (exact) mass is 305 g/mol. The number of rotatable bonds is 2. The number of benzene rings is 1. The van der Waals surface area contributed by atoms with Gasteiger partial charge in [0.15, 0.2) is 5.78 Å². The molecule has 0 bridgehead atoms. The van der Waals surface area contributed by atoms with E-state index in [2.05, 4.69) is 0 Å². The summed E-state index contributed by atoms with van der Waals surface area (Å²) >= 11 is 5.46. The highest BCUT2D eigenvalue weighted by molar-refractivity contribution is 6.30. The molecule has 0 N–H and O–H groups in total. The van der Waals surface area contributed by atoms with E-state index in [0.29, 0.717) is 17.5 Å². The Balaban J connectivity index is 2.20. The summed E-state index contributed by atoms with van der Waals surface area (Å²) in [6.45, 7) is -0.104. The summed E-state index contributed by atoms with van der Waals surface area (Å²) in [6, 6.07) is 4.73. The molecule has 108 valence electrons. The number of amides is 1. The van der Waals surface area contributed by atoms with Crippen molar-refractivity contribution in [1.82, 2.24) is 4.90 Å². The van der Waals surface area contributed by atoms with Gasteiger partial charge in [0, 0.05) is 18.7 Å². The van der Waals surface area contributed by atoms with Gasteiger partial charge in [-0.25, -0.2) is 0 Å². The summed E-state index contributed by atoms with van der Waals surface area (Å²) in [5.41, 5.74) is 1.85. The molecule has 7 heteroatoms. The average Bonchev–Trinajstić information content (AvgIpc) is 2.43. The van der Waals surface area contributed by atoms with Crippen molar-refractivity contribution in [2.45, 2.75) is 19.1 Å². The quantitative estimate of drug-likeness (QED) is 0.622. The van der Waals surface area contributed by atoms with Gasteiger partial charge in [-0.2, -0.15) is 13.2 Å². The lowest BCUT2D eigenvalue weighted by molar-refractivity contribution is -0.186. The van der Waals surface area contributed by atoms with Gasteiger partial charge < -0.3 is 4.90 Å². The number of carbonyl (C=O) groups excluding carboxylic acids is 2. The first-order valence-electron chi connectivity index (χ1n) is 5.90. The molecule has 1 amide bonds. The molecule has 0 spiro atoms. The fraction of sp³-hybridized carbons (Fsp3) is 0.385. The molecule has 0 saturated heterocycles. The molecule has 2 rings (SSSR count). The molecule has 0 aliphatic carbocycles. The number of ketones is 1. The molecule has 20 heavy (non-hydrogen) atoms. The predicted octanol–water partition coefficient (Wildman–Crippen LogP) is 2.56. The maximum atomic E-state index is 12.4. The molecule has 0 unspecified atom stereocenters. The molecule has 3 nitrogen and oxygen atoms in total. The van der Waals surface area contributed by atoms with E-state index in [-0.39, 0.29) is 24.8 Å². The normalized spacial score (nSPS) is 14.9. The van der Waals surface area contributed by atoms with Crippen molar-refractivity contribution in [2.24, 2.45) is 0 Å². The van der Waals surface area contributed by atoms with Crippen molar-refractivity contribution < 1.29 is 22.8 Å². The van der Waals surface area contributed by atoms with Crippen molar-refractivity contribution in [3.8, 4) is 0 Å². The minimum absolute atomic E-state index is 0.0101. The van der Waals surface area contributed by atoms with Gasteiger partial charge in [0.1, 0.15) is 0 Å². The van der Waals surface area contributed by atoms with E-state index in [9.17, 15) is 22.8 Å². The molecule has 0 aromatic heterocycles. The van der Waals surface area contributed by atoms with E-state index in [1.54, 1.807) is 12.1 Å². The summed E-state index contributed by atoms with van der Waals surface area (Å²) < 4.78 is 37.1. The lowest BCUT2D eigenvalue weighted by atomic mass is 9.96. The Morgan fingerprint density at radius 2 is 1.95 bits per heavy atom. The number of halogens is 4. The van der Waals surface area contributed by atoms with E-state index in [1.807, 2.05) is 0 Å². The van der Waals surface area contributed by atoms with Crippen molar-refractivity contribution in [1.29, 1.82) is 0 Å². The molecule has 1 aromatic carbocycles. The number of nitrogens with zero attached hydrogens (tertiary/aromatic N) is 1. The Kier molecular flexibility index (Phi) is 4.04. The number of alkyl halides is 4. The third-order valence-electron chi connectivity index (χ3n) is 3.19. The molecule has 1 aromatic rings.